The van der Waals surface area contributed by atoms with Crippen LogP contribution in [0, 0.1) is 5.41 Å². The first kappa shape index (κ1) is 20.4. The molecule has 4 nitrogen and oxygen atoms in total. The summed E-state index contributed by atoms with van der Waals surface area (Å²) in [5, 5.41) is 4.96. The molecule has 0 saturated heterocycles. The molecule has 0 atom stereocenters. The third kappa shape index (κ3) is 4.56. The van der Waals surface area contributed by atoms with Gasteiger partial charge in [-0.15, -0.1) is 0 Å². The quantitative estimate of drug-likeness (QED) is 0.778. The predicted molar refractivity (Wildman–Crippen MR) is 113 cm³/mol. The van der Waals surface area contributed by atoms with Gasteiger partial charge in [0.15, 0.2) is 0 Å². The van der Waals surface area contributed by atoms with Crippen LogP contribution in [-0.2, 0) is 12.8 Å². The van der Waals surface area contributed by atoms with Gasteiger partial charge in [-0.25, -0.2) is 0 Å². The van der Waals surface area contributed by atoms with Gasteiger partial charge in [0.05, 0.1) is 15.6 Å². The Labute approximate surface area is 171 Å². The smallest absolute Gasteiger partial charge is 0.251 e. The van der Waals surface area contributed by atoms with Gasteiger partial charge >= 0.3 is 0 Å². The van der Waals surface area contributed by atoms with Crippen molar-refractivity contribution >= 4 is 40.0 Å². The first-order valence-electron chi connectivity index (χ1n) is 9.41. The molecule has 6 heteroatoms. The molecule has 1 aliphatic carbocycles. The Hall–Kier alpha value is -1.36. The second-order valence-corrected chi connectivity index (χ2v) is 9.28. The average Bonchev–Trinajstić information content (AvgIpc) is 2.58. The third-order valence-electron chi connectivity index (χ3n) is 4.98. The number of rotatable bonds is 5. The first-order chi connectivity index (χ1) is 12.7. The summed E-state index contributed by atoms with van der Waals surface area (Å²) in [6.45, 7) is 5.73. The number of nitrogens with zero attached hydrogens (tertiary/aromatic N) is 2. The van der Waals surface area contributed by atoms with Crippen LogP contribution in [0.25, 0.3) is 10.9 Å². The van der Waals surface area contributed by atoms with Crippen molar-refractivity contribution in [3.8, 4) is 0 Å². The van der Waals surface area contributed by atoms with Gasteiger partial charge in [0.2, 0.25) is 0 Å². The van der Waals surface area contributed by atoms with Crippen molar-refractivity contribution in [3.63, 3.8) is 0 Å². The highest BCUT2D eigenvalue weighted by atomic mass is 35.5. The molecule has 0 fully saturated rings. The zero-order chi connectivity index (χ0) is 19.8. The Morgan fingerprint density at radius 1 is 1.22 bits per heavy atom. The zero-order valence-corrected chi connectivity index (χ0v) is 18.0. The van der Waals surface area contributed by atoms with Crippen LogP contribution in [0.5, 0.6) is 0 Å². The second-order valence-electron chi connectivity index (χ2n) is 8.50. The molecular weight excluding hydrogens is 381 g/mol. The van der Waals surface area contributed by atoms with Crippen molar-refractivity contribution in [2.45, 2.75) is 39.5 Å². The number of pyridine rings is 1. The highest BCUT2D eigenvalue weighted by Gasteiger charge is 2.22. The van der Waals surface area contributed by atoms with Crippen molar-refractivity contribution in [2.24, 2.45) is 5.41 Å². The predicted octanol–water partition coefficient (Wildman–Crippen LogP) is 4.74. The number of carbonyl (C=O) groups excluding carboxylic acids is 1. The topological polar surface area (TPSA) is 45.2 Å². The molecular formula is C21H27Cl2N3O. The van der Waals surface area contributed by atoms with E-state index in [2.05, 4.69) is 24.1 Å². The lowest BCUT2D eigenvalue weighted by Crippen LogP contribution is -2.40. The lowest BCUT2D eigenvalue weighted by molar-refractivity contribution is 0.0929. The van der Waals surface area contributed by atoms with Gasteiger partial charge in [0.25, 0.3) is 5.91 Å². The maximum absolute atomic E-state index is 12.7. The number of hydrogen-bond donors (Lipinski definition) is 1. The molecule has 1 heterocycles. The monoisotopic (exact) mass is 407 g/mol. The molecule has 2 aromatic rings. The standard InChI is InChI=1S/C21H27Cl2N3O/c1-21(2,12-26(3)4)11-24-20(27)13-9-15(22)18-17(10-13)25-16-8-6-5-7-14(16)19(18)23/h9-10H,5-8,11-12H2,1-4H3,(H,24,27). The van der Waals surface area contributed by atoms with Crippen molar-refractivity contribution < 1.29 is 4.79 Å². The summed E-state index contributed by atoms with van der Waals surface area (Å²) in [5.74, 6) is -0.138. The van der Waals surface area contributed by atoms with Crippen LogP contribution in [0.4, 0.5) is 0 Å². The molecule has 1 N–H and O–H groups in total. The summed E-state index contributed by atoms with van der Waals surface area (Å²) < 4.78 is 0. The average molecular weight is 408 g/mol. The SMILES string of the molecule is CN(C)CC(C)(C)CNC(=O)c1cc(Cl)c2c(Cl)c3c(nc2c1)CCCC3. The van der Waals surface area contributed by atoms with E-state index in [4.69, 9.17) is 28.2 Å². The maximum Gasteiger partial charge on any atom is 0.251 e. The molecule has 1 aliphatic rings. The molecule has 0 saturated carbocycles. The fraction of sp³-hybridized carbons (Fsp3) is 0.524. The normalized spacial score (nSPS) is 14.5. The van der Waals surface area contributed by atoms with Gasteiger partial charge < -0.3 is 10.2 Å². The first-order valence-corrected chi connectivity index (χ1v) is 10.2. The number of amides is 1. The van der Waals surface area contributed by atoms with Crippen LogP contribution in [0.3, 0.4) is 0 Å². The van der Waals surface area contributed by atoms with E-state index < -0.39 is 0 Å². The van der Waals surface area contributed by atoms with Crippen LogP contribution in [0.15, 0.2) is 12.1 Å². The van der Waals surface area contributed by atoms with Crippen LogP contribution < -0.4 is 5.32 Å². The number of benzene rings is 1. The second kappa shape index (κ2) is 7.94. The molecule has 27 heavy (non-hydrogen) atoms. The van der Waals surface area contributed by atoms with Crippen LogP contribution in [0.2, 0.25) is 10.0 Å². The Morgan fingerprint density at radius 3 is 2.63 bits per heavy atom. The number of halogens is 2. The van der Waals surface area contributed by atoms with E-state index in [1.54, 1.807) is 12.1 Å². The summed E-state index contributed by atoms with van der Waals surface area (Å²) in [5.41, 5.74) is 3.35. The number of aromatic nitrogens is 1. The molecule has 0 bridgehead atoms. The fourth-order valence-electron chi connectivity index (χ4n) is 3.91. The van der Waals surface area contributed by atoms with Crippen molar-refractivity contribution in [3.05, 3.63) is 39.0 Å². The van der Waals surface area contributed by atoms with E-state index in [0.717, 1.165) is 48.9 Å². The molecule has 0 unspecified atom stereocenters. The fourth-order valence-corrected chi connectivity index (χ4v) is 4.67. The third-order valence-corrected chi connectivity index (χ3v) is 5.70. The summed E-state index contributed by atoms with van der Waals surface area (Å²) in [6, 6.07) is 3.50. The molecule has 1 aromatic carbocycles. The molecule has 0 aliphatic heterocycles. The minimum atomic E-state index is -0.138. The lowest BCUT2D eigenvalue weighted by Gasteiger charge is -2.28. The van der Waals surface area contributed by atoms with Gasteiger partial charge in [-0.3, -0.25) is 9.78 Å². The summed E-state index contributed by atoms with van der Waals surface area (Å²) >= 11 is 13.1. The Kier molecular flexibility index (Phi) is 5.99. The Morgan fingerprint density at radius 2 is 1.93 bits per heavy atom. The molecule has 3 rings (SSSR count). The van der Waals surface area contributed by atoms with E-state index in [-0.39, 0.29) is 11.3 Å². The highest BCUT2D eigenvalue weighted by molar-refractivity contribution is 6.42. The van der Waals surface area contributed by atoms with Gasteiger partial charge in [0.1, 0.15) is 0 Å². The largest absolute Gasteiger partial charge is 0.351 e. The van der Waals surface area contributed by atoms with Gasteiger partial charge in [0, 0.05) is 29.7 Å². The summed E-state index contributed by atoms with van der Waals surface area (Å²) in [6.07, 6.45) is 4.12. The van der Waals surface area contributed by atoms with E-state index in [1.807, 2.05) is 14.1 Å². The molecule has 0 radical (unpaired) electrons. The number of carbonyl (C=O) groups is 1. The lowest BCUT2D eigenvalue weighted by atomic mass is 9.92. The minimum absolute atomic E-state index is 0.0273. The van der Waals surface area contributed by atoms with Crippen LogP contribution in [0.1, 0.15) is 48.3 Å². The van der Waals surface area contributed by atoms with Crippen LogP contribution in [-0.4, -0.2) is 43.0 Å². The molecule has 1 amide bonds. The van der Waals surface area contributed by atoms with E-state index in [9.17, 15) is 4.79 Å². The van der Waals surface area contributed by atoms with Crippen molar-refractivity contribution in [1.82, 2.24) is 15.2 Å². The molecule has 0 spiro atoms. The Balaban J connectivity index is 1.88. The number of fused-ring (bicyclic) bond motifs is 2. The minimum Gasteiger partial charge on any atom is -0.351 e. The van der Waals surface area contributed by atoms with E-state index in [1.165, 1.54) is 0 Å². The van der Waals surface area contributed by atoms with Crippen LogP contribution >= 0.6 is 23.2 Å². The maximum atomic E-state index is 12.7. The molecule has 146 valence electrons. The zero-order valence-electron chi connectivity index (χ0n) is 16.5. The Bertz CT molecular complexity index is 878. The van der Waals surface area contributed by atoms with Crippen molar-refractivity contribution in [1.29, 1.82) is 0 Å². The number of hydrogen-bond acceptors (Lipinski definition) is 3. The van der Waals surface area contributed by atoms with Gasteiger partial charge in [-0.1, -0.05) is 37.0 Å². The van der Waals surface area contributed by atoms with Gasteiger partial charge in [-0.2, -0.15) is 0 Å². The molecule has 1 aromatic heterocycles. The van der Waals surface area contributed by atoms with Crippen molar-refractivity contribution in [2.75, 3.05) is 27.2 Å². The van der Waals surface area contributed by atoms with Gasteiger partial charge in [-0.05, 0) is 62.9 Å². The number of aryl methyl sites for hydroxylation is 1. The van der Waals surface area contributed by atoms with E-state index in [0.29, 0.717) is 27.7 Å². The highest BCUT2D eigenvalue weighted by Crippen LogP contribution is 2.37. The summed E-state index contributed by atoms with van der Waals surface area (Å²) in [4.78, 5) is 19.6. The summed E-state index contributed by atoms with van der Waals surface area (Å²) in [7, 11) is 4.06. The number of nitrogens with one attached hydrogen (secondary N) is 1. The van der Waals surface area contributed by atoms with E-state index >= 15 is 0 Å².